The van der Waals surface area contributed by atoms with Crippen LogP contribution in [0.25, 0.3) is 0 Å². The number of anilines is 2. The third-order valence-corrected chi connectivity index (χ3v) is 2.78. The minimum Gasteiger partial charge on any atom is -0.469 e. The largest absolute Gasteiger partial charge is 0.469 e. The Kier molecular flexibility index (Phi) is 4.73. The SMILES string of the molecule is COCC(=O)Nc1cccc(NC(=O)c2ccoc2C)c1. The summed E-state index contributed by atoms with van der Waals surface area (Å²) in [6.07, 6.45) is 1.46. The average molecular weight is 288 g/mol. The van der Waals surface area contributed by atoms with Crippen LogP contribution in [0, 0.1) is 6.92 Å². The number of rotatable bonds is 5. The van der Waals surface area contributed by atoms with Crippen LogP contribution in [0.5, 0.6) is 0 Å². The molecule has 2 rings (SSSR count). The lowest BCUT2D eigenvalue weighted by Gasteiger charge is -2.08. The fourth-order valence-electron chi connectivity index (χ4n) is 1.82. The summed E-state index contributed by atoms with van der Waals surface area (Å²) in [4.78, 5) is 23.5. The molecule has 21 heavy (non-hydrogen) atoms. The van der Waals surface area contributed by atoms with Gasteiger partial charge in [0.2, 0.25) is 5.91 Å². The molecular weight excluding hydrogens is 272 g/mol. The number of furan rings is 1. The molecule has 110 valence electrons. The molecule has 1 aromatic carbocycles. The van der Waals surface area contributed by atoms with Gasteiger partial charge in [-0.2, -0.15) is 0 Å². The summed E-state index contributed by atoms with van der Waals surface area (Å²) >= 11 is 0. The predicted octanol–water partition coefficient (Wildman–Crippen LogP) is 2.43. The standard InChI is InChI=1S/C15H16N2O4/c1-10-13(6-7-21-10)15(19)17-12-5-3-4-11(8-12)16-14(18)9-20-2/h3-8H,9H2,1-2H3,(H,16,18)(H,17,19). The van der Waals surface area contributed by atoms with E-state index in [1.807, 2.05) is 0 Å². The van der Waals surface area contributed by atoms with E-state index >= 15 is 0 Å². The van der Waals surface area contributed by atoms with Crippen molar-refractivity contribution in [2.24, 2.45) is 0 Å². The number of methoxy groups -OCH3 is 1. The van der Waals surface area contributed by atoms with Gasteiger partial charge in [0.05, 0.1) is 11.8 Å². The zero-order valence-electron chi connectivity index (χ0n) is 11.8. The Bertz CT molecular complexity index is 649. The number of amides is 2. The molecule has 0 unspecified atom stereocenters. The lowest BCUT2D eigenvalue weighted by Crippen LogP contribution is -2.17. The number of benzene rings is 1. The fraction of sp³-hybridized carbons (Fsp3) is 0.200. The van der Waals surface area contributed by atoms with Crippen LogP contribution in [0.2, 0.25) is 0 Å². The van der Waals surface area contributed by atoms with Crippen molar-refractivity contribution < 1.29 is 18.7 Å². The molecule has 0 bridgehead atoms. The van der Waals surface area contributed by atoms with E-state index in [0.29, 0.717) is 22.7 Å². The molecule has 0 spiro atoms. The van der Waals surface area contributed by atoms with E-state index in [4.69, 9.17) is 9.15 Å². The lowest BCUT2D eigenvalue weighted by atomic mass is 10.2. The highest BCUT2D eigenvalue weighted by Gasteiger charge is 2.11. The van der Waals surface area contributed by atoms with Crippen molar-refractivity contribution >= 4 is 23.2 Å². The number of carbonyl (C=O) groups is 2. The fourth-order valence-corrected chi connectivity index (χ4v) is 1.82. The molecule has 0 aliphatic heterocycles. The molecular formula is C15H16N2O4. The maximum atomic E-state index is 12.1. The predicted molar refractivity (Wildman–Crippen MR) is 78.3 cm³/mol. The van der Waals surface area contributed by atoms with Crippen LogP contribution in [0.4, 0.5) is 11.4 Å². The summed E-state index contributed by atoms with van der Waals surface area (Å²) in [5.74, 6) is 0.0327. The highest BCUT2D eigenvalue weighted by molar-refractivity contribution is 6.05. The number of hydrogen-bond donors (Lipinski definition) is 2. The molecule has 6 heteroatoms. The topological polar surface area (TPSA) is 80.6 Å². The van der Waals surface area contributed by atoms with Gasteiger partial charge in [-0.1, -0.05) is 6.07 Å². The zero-order chi connectivity index (χ0) is 15.2. The molecule has 0 saturated carbocycles. The molecule has 0 aliphatic rings. The highest BCUT2D eigenvalue weighted by Crippen LogP contribution is 2.17. The molecule has 2 amide bonds. The van der Waals surface area contributed by atoms with Gasteiger partial charge >= 0.3 is 0 Å². The minimum absolute atomic E-state index is 0.0230. The van der Waals surface area contributed by atoms with Crippen molar-refractivity contribution in [3.8, 4) is 0 Å². The van der Waals surface area contributed by atoms with Gasteiger partial charge in [-0.15, -0.1) is 0 Å². The minimum atomic E-state index is -0.262. The van der Waals surface area contributed by atoms with Gasteiger partial charge in [-0.3, -0.25) is 9.59 Å². The first-order valence-electron chi connectivity index (χ1n) is 6.34. The second-order valence-electron chi connectivity index (χ2n) is 4.41. The smallest absolute Gasteiger partial charge is 0.259 e. The molecule has 1 heterocycles. The molecule has 0 atom stereocenters. The maximum Gasteiger partial charge on any atom is 0.259 e. The van der Waals surface area contributed by atoms with Crippen LogP contribution in [0.15, 0.2) is 41.0 Å². The molecule has 2 aromatic rings. The van der Waals surface area contributed by atoms with E-state index in [2.05, 4.69) is 10.6 Å². The van der Waals surface area contributed by atoms with Crippen molar-refractivity contribution in [2.75, 3.05) is 24.4 Å². The van der Waals surface area contributed by atoms with E-state index < -0.39 is 0 Å². The third kappa shape index (κ3) is 3.93. The molecule has 6 nitrogen and oxygen atoms in total. The Morgan fingerprint density at radius 2 is 1.90 bits per heavy atom. The van der Waals surface area contributed by atoms with E-state index in [1.165, 1.54) is 13.4 Å². The van der Waals surface area contributed by atoms with Crippen molar-refractivity contribution in [3.63, 3.8) is 0 Å². The first-order chi connectivity index (χ1) is 10.1. The first-order valence-corrected chi connectivity index (χ1v) is 6.34. The van der Waals surface area contributed by atoms with Crippen LogP contribution < -0.4 is 10.6 Å². The molecule has 1 aromatic heterocycles. The summed E-state index contributed by atoms with van der Waals surface area (Å²) < 4.78 is 9.84. The molecule has 0 saturated heterocycles. The van der Waals surface area contributed by atoms with Gasteiger partial charge in [0.25, 0.3) is 5.91 Å². The van der Waals surface area contributed by atoms with Gasteiger partial charge < -0.3 is 19.8 Å². The van der Waals surface area contributed by atoms with Crippen LogP contribution >= 0.6 is 0 Å². The van der Waals surface area contributed by atoms with Crippen LogP contribution in [0.1, 0.15) is 16.1 Å². The lowest BCUT2D eigenvalue weighted by molar-refractivity contribution is -0.119. The summed E-state index contributed by atoms with van der Waals surface area (Å²) in [6, 6.07) is 8.47. The summed E-state index contributed by atoms with van der Waals surface area (Å²) in [6.45, 7) is 1.70. The molecule has 0 fully saturated rings. The second-order valence-corrected chi connectivity index (χ2v) is 4.41. The Hall–Kier alpha value is -2.60. The van der Waals surface area contributed by atoms with E-state index in [9.17, 15) is 9.59 Å². The third-order valence-electron chi connectivity index (χ3n) is 2.78. The zero-order valence-corrected chi connectivity index (χ0v) is 11.8. The van der Waals surface area contributed by atoms with E-state index in [1.54, 1.807) is 37.3 Å². The summed E-state index contributed by atoms with van der Waals surface area (Å²) in [7, 11) is 1.45. The van der Waals surface area contributed by atoms with Gasteiger partial charge in [-0.25, -0.2) is 0 Å². The maximum absolute atomic E-state index is 12.1. The Labute approximate surface area is 122 Å². The highest BCUT2D eigenvalue weighted by atomic mass is 16.5. The van der Waals surface area contributed by atoms with E-state index in [0.717, 1.165) is 0 Å². The van der Waals surface area contributed by atoms with Gasteiger partial charge in [-0.05, 0) is 31.2 Å². The van der Waals surface area contributed by atoms with Crippen molar-refractivity contribution in [1.82, 2.24) is 0 Å². The second kappa shape index (κ2) is 6.71. The van der Waals surface area contributed by atoms with E-state index in [-0.39, 0.29) is 18.4 Å². The van der Waals surface area contributed by atoms with Crippen LogP contribution in [-0.2, 0) is 9.53 Å². The average Bonchev–Trinajstić information content (AvgIpc) is 2.85. The first kappa shape index (κ1) is 14.8. The summed E-state index contributed by atoms with van der Waals surface area (Å²) in [5, 5.41) is 5.42. The van der Waals surface area contributed by atoms with Crippen LogP contribution in [-0.4, -0.2) is 25.5 Å². The van der Waals surface area contributed by atoms with Crippen molar-refractivity contribution in [1.29, 1.82) is 0 Å². The Morgan fingerprint density at radius 1 is 1.19 bits per heavy atom. The monoisotopic (exact) mass is 288 g/mol. The number of ether oxygens (including phenoxy) is 1. The van der Waals surface area contributed by atoms with Gasteiger partial charge in [0, 0.05) is 18.5 Å². The van der Waals surface area contributed by atoms with Crippen molar-refractivity contribution in [3.05, 3.63) is 47.9 Å². The molecule has 2 N–H and O–H groups in total. The number of nitrogens with one attached hydrogen (secondary N) is 2. The Morgan fingerprint density at radius 3 is 2.52 bits per heavy atom. The molecule has 0 aliphatic carbocycles. The summed E-state index contributed by atoms with van der Waals surface area (Å²) in [5.41, 5.74) is 1.64. The van der Waals surface area contributed by atoms with Gasteiger partial charge in [0.1, 0.15) is 12.4 Å². The molecule has 0 radical (unpaired) electrons. The normalized spacial score (nSPS) is 10.2. The quantitative estimate of drug-likeness (QED) is 0.885. The number of aryl methyl sites for hydroxylation is 1. The van der Waals surface area contributed by atoms with Crippen molar-refractivity contribution in [2.45, 2.75) is 6.92 Å². The number of hydrogen-bond acceptors (Lipinski definition) is 4. The van der Waals surface area contributed by atoms with Crippen LogP contribution in [0.3, 0.4) is 0 Å². The number of carbonyl (C=O) groups excluding carboxylic acids is 2. The van der Waals surface area contributed by atoms with Gasteiger partial charge in [0.15, 0.2) is 0 Å². The Balaban J connectivity index is 2.06.